The van der Waals surface area contributed by atoms with Gasteiger partial charge < -0.3 is 10.1 Å². The zero-order valence-corrected chi connectivity index (χ0v) is 13.7. The normalized spacial score (nSPS) is 23.2. The van der Waals surface area contributed by atoms with Gasteiger partial charge in [-0.15, -0.1) is 0 Å². The van der Waals surface area contributed by atoms with Crippen molar-refractivity contribution in [2.45, 2.75) is 70.4 Å². The first-order valence-corrected chi connectivity index (χ1v) is 8.58. The lowest BCUT2D eigenvalue weighted by atomic mass is 9.86. The van der Waals surface area contributed by atoms with E-state index in [2.05, 4.69) is 44.4 Å². The molecule has 21 heavy (non-hydrogen) atoms. The van der Waals surface area contributed by atoms with Gasteiger partial charge in [0, 0.05) is 12.5 Å². The fourth-order valence-corrected chi connectivity index (χ4v) is 4.14. The highest BCUT2D eigenvalue weighted by Gasteiger charge is 2.31. The van der Waals surface area contributed by atoms with Crippen LogP contribution in [0.15, 0.2) is 18.2 Å². The fourth-order valence-electron chi connectivity index (χ4n) is 4.14. The highest BCUT2D eigenvalue weighted by molar-refractivity contribution is 5.42. The number of hydrogen-bond acceptors (Lipinski definition) is 2. The summed E-state index contributed by atoms with van der Waals surface area (Å²) >= 11 is 0. The van der Waals surface area contributed by atoms with Crippen LogP contribution in [0.1, 0.15) is 69.5 Å². The predicted octanol–water partition coefficient (Wildman–Crippen LogP) is 4.63. The second-order valence-corrected chi connectivity index (χ2v) is 7.42. The molecule has 1 atom stereocenters. The Balaban J connectivity index is 1.82. The summed E-state index contributed by atoms with van der Waals surface area (Å²) in [6, 6.07) is 7.33. The van der Waals surface area contributed by atoms with Crippen LogP contribution in [0.4, 0.5) is 0 Å². The summed E-state index contributed by atoms with van der Waals surface area (Å²) in [5.74, 6) is 1.87. The third-order valence-electron chi connectivity index (χ3n) is 5.13. The van der Waals surface area contributed by atoms with Gasteiger partial charge >= 0.3 is 0 Å². The average molecular weight is 287 g/mol. The fraction of sp³-hybridized carbons (Fsp3) is 0.684. The Bertz CT molecular complexity index is 486. The van der Waals surface area contributed by atoms with E-state index in [1.54, 1.807) is 0 Å². The monoisotopic (exact) mass is 287 g/mol. The quantitative estimate of drug-likeness (QED) is 0.818. The van der Waals surface area contributed by atoms with E-state index in [0.29, 0.717) is 6.04 Å². The van der Waals surface area contributed by atoms with Crippen molar-refractivity contribution < 1.29 is 4.74 Å². The summed E-state index contributed by atoms with van der Waals surface area (Å²) in [4.78, 5) is 0. The van der Waals surface area contributed by atoms with E-state index in [1.807, 2.05) is 0 Å². The summed E-state index contributed by atoms with van der Waals surface area (Å²) in [5.41, 5.74) is 2.79. The highest BCUT2D eigenvalue weighted by Crippen LogP contribution is 2.39. The molecule has 1 heterocycles. The lowest BCUT2D eigenvalue weighted by Gasteiger charge is -2.26. The van der Waals surface area contributed by atoms with Crippen molar-refractivity contribution in [1.82, 2.24) is 5.32 Å². The Labute approximate surface area is 129 Å². The van der Waals surface area contributed by atoms with Gasteiger partial charge in [0.15, 0.2) is 0 Å². The van der Waals surface area contributed by atoms with Crippen molar-refractivity contribution in [3.8, 4) is 5.75 Å². The van der Waals surface area contributed by atoms with Crippen molar-refractivity contribution >= 4 is 0 Å². The Hall–Kier alpha value is -1.02. The first-order chi connectivity index (χ1) is 10.1. The van der Waals surface area contributed by atoms with Crippen molar-refractivity contribution in [3.05, 3.63) is 29.3 Å². The molecule has 1 aromatic rings. The molecule has 0 aromatic heterocycles. The summed E-state index contributed by atoms with van der Waals surface area (Å²) in [7, 11) is 2.11. The van der Waals surface area contributed by atoms with E-state index in [-0.39, 0.29) is 5.60 Å². The second kappa shape index (κ2) is 6.00. The van der Waals surface area contributed by atoms with Gasteiger partial charge in [0.05, 0.1) is 0 Å². The first-order valence-electron chi connectivity index (χ1n) is 8.58. The third-order valence-corrected chi connectivity index (χ3v) is 5.13. The number of nitrogens with one attached hydrogen (secondary N) is 1. The minimum Gasteiger partial charge on any atom is -0.487 e. The molecule has 3 rings (SSSR count). The molecule has 0 radical (unpaired) electrons. The van der Waals surface area contributed by atoms with Crippen molar-refractivity contribution in [2.24, 2.45) is 5.92 Å². The van der Waals surface area contributed by atoms with Crippen LogP contribution in [0.2, 0.25) is 0 Å². The van der Waals surface area contributed by atoms with Gasteiger partial charge in [-0.05, 0) is 56.8 Å². The van der Waals surface area contributed by atoms with E-state index in [0.717, 1.165) is 18.1 Å². The molecule has 2 aliphatic rings. The summed E-state index contributed by atoms with van der Waals surface area (Å²) in [5, 5.41) is 3.59. The smallest absolute Gasteiger partial charge is 0.123 e. The molecule has 1 aliphatic carbocycles. The summed E-state index contributed by atoms with van der Waals surface area (Å²) in [6.45, 7) is 4.35. The van der Waals surface area contributed by atoms with Crippen LogP contribution in [0.5, 0.6) is 5.75 Å². The molecule has 0 bridgehead atoms. The molecule has 116 valence electrons. The third kappa shape index (κ3) is 3.26. The Morgan fingerprint density at radius 3 is 2.52 bits per heavy atom. The molecule has 1 fully saturated rings. The second-order valence-electron chi connectivity index (χ2n) is 7.42. The van der Waals surface area contributed by atoms with Crippen LogP contribution < -0.4 is 10.1 Å². The van der Waals surface area contributed by atoms with Crippen LogP contribution in [-0.2, 0) is 6.42 Å². The Kier molecular flexibility index (Phi) is 4.26. The standard InChI is InChI=1S/C19H29NO/c1-19(2)13-16-12-15(10-11-17(16)21-19)18(20-3)14-8-6-4-5-7-9-14/h10-12,14,18,20H,4-9,13H2,1-3H3. The van der Waals surface area contributed by atoms with Gasteiger partial charge in [-0.25, -0.2) is 0 Å². The zero-order chi connectivity index (χ0) is 14.9. The lowest BCUT2D eigenvalue weighted by Crippen LogP contribution is -2.25. The minimum atomic E-state index is -0.0432. The number of rotatable bonds is 3. The van der Waals surface area contributed by atoms with Crippen LogP contribution >= 0.6 is 0 Å². The minimum absolute atomic E-state index is 0.0432. The maximum absolute atomic E-state index is 6.01. The van der Waals surface area contributed by atoms with E-state index in [1.165, 1.54) is 49.7 Å². The lowest BCUT2D eigenvalue weighted by molar-refractivity contribution is 0.138. The Morgan fingerprint density at radius 2 is 1.86 bits per heavy atom. The van der Waals surface area contributed by atoms with Gasteiger partial charge in [-0.3, -0.25) is 0 Å². The van der Waals surface area contributed by atoms with Gasteiger partial charge in [0.25, 0.3) is 0 Å². The van der Waals surface area contributed by atoms with Crippen LogP contribution in [0, 0.1) is 5.92 Å². The van der Waals surface area contributed by atoms with E-state index in [9.17, 15) is 0 Å². The Morgan fingerprint density at radius 1 is 1.14 bits per heavy atom. The van der Waals surface area contributed by atoms with E-state index < -0.39 is 0 Å². The van der Waals surface area contributed by atoms with Gasteiger partial charge in [-0.1, -0.05) is 37.8 Å². The maximum atomic E-state index is 6.01. The van der Waals surface area contributed by atoms with Crippen molar-refractivity contribution in [2.75, 3.05) is 7.05 Å². The SMILES string of the molecule is CNC(c1ccc2c(c1)CC(C)(C)O2)C1CCCCCC1. The summed E-state index contributed by atoms with van der Waals surface area (Å²) < 4.78 is 6.01. The topological polar surface area (TPSA) is 21.3 Å². The average Bonchev–Trinajstić information content (AvgIpc) is 2.62. The number of benzene rings is 1. The molecule has 1 aromatic carbocycles. The molecule has 2 nitrogen and oxygen atoms in total. The molecule has 2 heteroatoms. The molecule has 0 saturated heterocycles. The number of fused-ring (bicyclic) bond motifs is 1. The largest absolute Gasteiger partial charge is 0.487 e. The van der Waals surface area contributed by atoms with Gasteiger partial charge in [0.2, 0.25) is 0 Å². The number of ether oxygens (including phenoxy) is 1. The highest BCUT2D eigenvalue weighted by atomic mass is 16.5. The van der Waals surface area contributed by atoms with Crippen LogP contribution in [-0.4, -0.2) is 12.6 Å². The summed E-state index contributed by atoms with van der Waals surface area (Å²) in [6.07, 6.45) is 9.37. The zero-order valence-electron chi connectivity index (χ0n) is 13.7. The first kappa shape index (κ1) is 14.9. The predicted molar refractivity (Wildman–Crippen MR) is 87.8 cm³/mol. The molecular formula is C19H29NO. The molecule has 1 unspecified atom stereocenters. The van der Waals surface area contributed by atoms with Gasteiger partial charge in [-0.2, -0.15) is 0 Å². The van der Waals surface area contributed by atoms with Gasteiger partial charge in [0.1, 0.15) is 11.4 Å². The van der Waals surface area contributed by atoms with E-state index >= 15 is 0 Å². The van der Waals surface area contributed by atoms with Crippen molar-refractivity contribution in [1.29, 1.82) is 0 Å². The van der Waals surface area contributed by atoms with E-state index in [4.69, 9.17) is 4.74 Å². The van der Waals surface area contributed by atoms with Crippen LogP contribution in [0.3, 0.4) is 0 Å². The molecule has 0 spiro atoms. The van der Waals surface area contributed by atoms with Crippen LogP contribution in [0.25, 0.3) is 0 Å². The molecular weight excluding hydrogens is 258 g/mol. The molecule has 1 saturated carbocycles. The molecule has 0 amide bonds. The molecule has 1 N–H and O–H groups in total. The van der Waals surface area contributed by atoms with Crippen molar-refractivity contribution in [3.63, 3.8) is 0 Å². The molecule has 1 aliphatic heterocycles. The maximum Gasteiger partial charge on any atom is 0.123 e. The number of hydrogen-bond donors (Lipinski definition) is 1.